The number of nitrogens with zero attached hydrogens (tertiary/aromatic N) is 2. The van der Waals surface area contributed by atoms with E-state index in [1.807, 2.05) is 0 Å². The van der Waals surface area contributed by atoms with Crippen molar-refractivity contribution in [3.63, 3.8) is 0 Å². The third-order valence-corrected chi connectivity index (χ3v) is 4.47. The van der Waals surface area contributed by atoms with Crippen molar-refractivity contribution in [1.82, 2.24) is 9.55 Å². The Labute approximate surface area is 150 Å². The summed E-state index contributed by atoms with van der Waals surface area (Å²) in [6, 6.07) is 3.62. The van der Waals surface area contributed by atoms with Gasteiger partial charge in [-0.05, 0) is 19.1 Å². The summed E-state index contributed by atoms with van der Waals surface area (Å²) in [6.45, 7) is 1.68. The van der Waals surface area contributed by atoms with E-state index in [1.54, 1.807) is 11.5 Å². The molecule has 8 heteroatoms. The van der Waals surface area contributed by atoms with Crippen LogP contribution in [-0.4, -0.2) is 9.55 Å². The van der Waals surface area contributed by atoms with Crippen molar-refractivity contribution in [2.24, 2.45) is 0 Å². The van der Waals surface area contributed by atoms with Crippen molar-refractivity contribution in [2.75, 3.05) is 0 Å². The molecule has 118 valence electrons. The Hall–Kier alpha value is -1.33. The first kappa shape index (κ1) is 16.5. The Balaban J connectivity index is 2.59. The predicted octanol–water partition coefficient (Wildman–Crippen LogP) is 5.45. The molecule has 0 aliphatic rings. The van der Waals surface area contributed by atoms with Crippen LogP contribution in [0, 0.1) is 12.7 Å². The molecular weight excluding hydrogens is 385 g/mol. The van der Waals surface area contributed by atoms with Gasteiger partial charge in [0.15, 0.2) is 5.43 Å². The van der Waals surface area contributed by atoms with E-state index in [4.69, 9.17) is 46.4 Å². The fourth-order valence-electron chi connectivity index (χ4n) is 2.43. The molecule has 3 nitrogen and oxygen atoms in total. The minimum atomic E-state index is -0.572. The molecule has 0 saturated heterocycles. The highest BCUT2D eigenvalue weighted by Crippen LogP contribution is 2.35. The standard InChI is InChI=1S/C15H7Cl4FN2O/c1-6-2-11(23)12-14(10(18)5-21-15(12)19)22(6)13-8(16)3-7(20)4-9(13)17/h2-5H,1H3. The molecule has 2 heterocycles. The van der Waals surface area contributed by atoms with Gasteiger partial charge in [-0.25, -0.2) is 9.37 Å². The first-order valence-corrected chi connectivity index (χ1v) is 7.83. The Morgan fingerprint density at radius 3 is 2.26 bits per heavy atom. The molecule has 1 aromatic carbocycles. The molecule has 0 aliphatic carbocycles. The van der Waals surface area contributed by atoms with E-state index in [0.29, 0.717) is 16.9 Å². The van der Waals surface area contributed by atoms with E-state index >= 15 is 0 Å². The van der Waals surface area contributed by atoms with Crippen LogP contribution in [0.2, 0.25) is 20.2 Å². The van der Waals surface area contributed by atoms with Gasteiger partial charge < -0.3 is 4.57 Å². The fraction of sp³-hybridized carbons (Fsp3) is 0.0667. The zero-order valence-electron chi connectivity index (χ0n) is 11.5. The van der Waals surface area contributed by atoms with Crippen LogP contribution >= 0.6 is 46.4 Å². The van der Waals surface area contributed by atoms with Crippen molar-refractivity contribution in [3.8, 4) is 5.69 Å². The average molecular weight is 392 g/mol. The molecule has 3 aromatic rings. The fourth-order valence-corrected chi connectivity index (χ4v) is 3.52. The zero-order valence-corrected chi connectivity index (χ0v) is 14.5. The summed E-state index contributed by atoms with van der Waals surface area (Å²) in [5.74, 6) is -0.572. The van der Waals surface area contributed by atoms with Crippen LogP contribution in [0.1, 0.15) is 5.69 Å². The average Bonchev–Trinajstić information content (AvgIpc) is 2.44. The summed E-state index contributed by atoms with van der Waals surface area (Å²) >= 11 is 24.6. The van der Waals surface area contributed by atoms with Gasteiger partial charge >= 0.3 is 0 Å². The van der Waals surface area contributed by atoms with Crippen LogP contribution in [0.3, 0.4) is 0 Å². The number of halogens is 5. The molecule has 0 radical (unpaired) electrons. The highest BCUT2D eigenvalue weighted by Gasteiger charge is 2.19. The van der Waals surface area contributed by atoms with Gasteiger partial charge in [-0.3, -0.25) is 4.79 Å². The summed E-state index contributed by atoms with van der Waals surface area (Å²) in [6.07, 6.45) is 1.33. The van der Waals surface area contributed by atoms with Gasteiger partial charge in [0.1, 0.15) is 11.0 Å². The minimum Gasteiger partial charge on any atom is -0.309 e. The third kappa shape index (κ3) is 2.70. The van der Waals surface area contributed by atoms with Crippen LogP contribution in [-0.2, 0) is 0 Å². The van der Waals surface area contributed by atoms with E-state index in [9.17, 15) is 9.18 Å². The summed E-state index contributed by atoms with van der Waals surface area (Å²) in [5, 5.41) is 0.500. The number of pyridine rings is 2. The SMILES string of the molecule is Cc1cc(=O)c2c(Cl)ncc(Cl)c2n1-c1c(Cl)cc(F)cc1Cl. The molecule has 0 fully saturated rings. The van der Waals surface area contributed by atoms with Crippen LogP contribution in [0.15, 0.2) is 29.2 Å². The Bertz CT molecular complexity index is 994. The van der Waals surface area contributed by atoms with Gasteiger partial charge in [0.05, 0.1) is 31.7 Å². The van der Waals surface area contributed by atoms with Crippen molar-refractivity contribution in [2.45, 2.75) is 6.92 Å². The third-order valence-electron chi connectivity index (χ3n) is 3.33. The lowest BCUT2D eigenvalue weighted by Gasteiger charge is -2.18. The zero-order chi connectivity index (χ0) is 16.9. The largest absolute Gasteiger partial charge is 0.309 e. The molecule has 23 heavy (non-hydrogen) atoms. The van der Waals surface area contributed by atoms with Crippen LogP contribution in [0.5, 0.6) is 0 Å². The van der Waals surface area contributed by atoms with Crippen molar-refractivity contribution in [3.05, 3.63) is 66.4 Å². The second-order valence-electron chi connectivity index (χ2n) is 4.82. The first-order chi connectivity index (χ1) is 10.8. The van der Waals surface area contributed by atoms with E-state index in [1.165, 1.54) is 12.3 Å². The summed E-state index contributed by atoms with van der Waals surface area (Å²) in [7, 11) is 0. The molecule has 0 bridgehead atoms. The van der Waals surface area contributed by atoms with Gasteiger partial charge in [0.25, 0.3) is 0 Å². The molecule has 0 atom stereocenters. The summed E-state index contributed by atoms with van der Waals surface area (Å²) in [5.41, 5.74) is 0.804. The van der Waals surface area contributed by atoms with Crippen LogP contribution in [0.25, 0.3) is 16.6 Å². The normalized spacial score (nSPS) is 11.2. The van der Waals surface area contributed by atoms with Crippen LogP contribution < -0.4 is 5.43 Å². The van der Waals surface area contributed by atoms with Crippen molar-refractivity contribution in [1.29, 1.82) is 0 Å². The minimum absolute atomic E-state index is 0.0116. The van der Waals surface area contributed by atoms with Gasteiger partial charge in [0.2, 0.25) is 0 Å². The molecule has 0 unspecified atom stereocenters. The maximum absolute atomic E-state index is 13.5. The molecule has 0 N–H and O–H groups in total. The van der Waals surface area contributed by atoms with E-state index in [0.717, 1.165) is 12.1 Å². The van der Waals surface area contributed by atoms with Gasteiger partial charge in [-0.1, -0.05) is 46.4 Å². The molecule has 0 spiro atoms. The number of rotatable bonds is 1. The molecule has 0 saturated carbocycles. The number of benzene rings is 1. The van der Waals surface area contributed by atoms with Gasteiger partial charge in [-0.15, -0.1) is 0 Å². The highest BCUT2D eigenvalue weighted by atomic mass is 35.5. The number of aryl methyl sites for hydroxylation is 1. The van der Waals surface area contributed by atoms with E-state index in [-0.39, 0.29) is 31.0 Å². The smallest absolute Gasteiger partial charge is 0.192 e. The number of fused-ring (bicyclic) bond motifs is 1. The predicted molar refractivity (Wildman–Crippen MR) is 92.1 cm³/mol. The summed E-state index contributed by atoms with van der Waals surface area (Å²) < 4.78 is 15.0. The monoisotopic (exact) mass is 390 g/mol. The topological polar surface area (TPSA) is 34.9 Å². The van der Waals surface area contributed by atoms with Crippen molar-refractivity contribution < 1.29 is 4.39 Å². The Morgan fingerprint density at radius 2 is 1.65 bits per heavy atom. The van der Waals surface area contributed by atoms with Gasteiger partial charge in [-0.2, -0.15) is 0 Å². The lowest BCUT2D eigenvalue weighted by molar-refractivity contribution is 0.627. The quantitative estimate of drug-likeness (QED) is 0.517. The molecule has 0 aliphatic heterocycles. The number of aromatic nitrogens is 2. The maximum Gasteiger partial charge on any atom is 0.192 e. The van der Waals surface area contributed by atoms with Gasteiger partial charge in [0, 0.05) is 18.0 Å². The molecular formula is C15H7Cl4FN2O. The summed E-state index contributed by atoms with van der Waals surface area (Å²) in [4.78, 5) is 16.1. The van der Waals surface area contributed by atoms with E-state index in [2.05, 4.69) is 4.98 Å². The number of hydrogen-bond acceptors (Lipinski definition) is 2. The lowest BCUT2D eigenvalue weighted by atomic mass is 10.2. The second-order valence-corrected chi connectivity index (χ2v) is 6.40. The first-order valence-electron chi connectivity index (χ1n) is 6.32. The van der Waals surface area contributed by atoms with E-state index < -0.39 is 5.82 Å². The Kier molecular flexibility index (Phi) is 4.27. The molecule has 2 aromatic heterocycles. The van der Waals surface area contributed by atoms with Crippen molar-refractivity contribution >= 4 is 57.3 Å². The second kappa shape index (κ2) is 5.95. The highest BCUT2D eigenvalue weighted by molar-refractivity contribution is 6.40. The Morgan fingerprint density at radius 1 is 1.04 bits per heavy atom. The maximum atomic E-state index is 13.5. The molecule has 3 rings (SSSR count). The van der Waals surface area contributed by atoms with Crippen LogP contribution in [0.4, 0.5) is 4.39 Å². The number of hydrogen-bond donors (Lipinski definition) is 0. The molecule has 0 amide bonds. The lowest BCUT2D eigenvalue weighted by Crippen LogP contribution is -2.13.